The normalized spacial score (nSPS) is 12.4. The molecule has 0 aliphatic rings. The summed E-state index contributed by atoms with van der Waals surface area (Å²) in [5.41, 5.74) is 7.48. The number of anilines is 2. The summed E-state index contributed by atoms with van der Waals surface area (Å²) >= 11 is 7.52. The molecule has 0 fully saturated rings. The fourth-order valence-electron chi connectivity index (χ4n) is 1.54. The van der Waals surface area contributed by atoms with Gasteiger partial charge >= 0.3 is 0 Å². The molecule has 6 heteroatoms. The van der Waals surface area contributed by atoms with E-state index in [-0.39, 0.29) is 11.2 Å². The lowest BCUT2D eigenvalue weighted by atomic mass is 10.1. The molecule has 0 bridgehead atoms. The molecule has 0 saturated carbocycles. The maximum Gasteiger partial charge on any atom is 0.157 e. The molecule has 2 heterocycles. The molecule has 2 aromatic heterocycles. The van der Waals surface area contributed by atoms with Gasteiger partial charge in [-0.15, -0.1) is 0 Å². The second kappa shape index (κ2) is 5.33. The van der Waals surface area contributed by atoms with Crippen LogP contribution in [0.25, 0.3) is 0 Å². The van der Waals surface area contributed by atoms with Crippen molar-refractivity contribution in [2.24, 2.45) is 0 Å². The van der Waals surface area contributed by atoms with Crippen molar-refractivity contribution in [1.29, 1.82) is 0 Å². The Morgan fingerprint density at radius 2 is 2.35 bits per heavy atom. The number of rotatable bonds is 4. The zero-order valence-electron chi connectivity index (χ0n) is 9.35. The third-order valence-corrected chi connectivity index (χ3v) is 3.37. The Balaban J connectivity index is 2.03. The number of hydrogen-bond acceptors (Lipinski definition) is 5. The standard InChI is InChI=1S/C11H13ClN4S/c1-7(4-8-2-3-17-5-8)16-11-9(13)10(12)14-6-15-11/h2-3,5-7H,4,13H2,1H3,(H,14,15,16). The molecule has 0 amide bonds. The second-order valence-electron chi connectivity index (χ2n) is 3.81. The number of nitrogens with two attached hydrogens (primary N) is 1. The highest BCUT2D eigenvalue weighted by atomic mass is 35.5. The number of aromatic nitrogens is 2. The number of nitrogens with zero attached hydrogens (tertiary/aromatic N) is 2. The SMILES string of the molecule is CC(Cc1ccsc1)Nc1ncnc(Cl)c1N. The number of thiophene rings is 1. The molecular formula is C11H13ClN4S. The van der Waals surface area contributed by atoms with Gasteiger partial charge in [0.2, 0.25) is 0 Å². The number of nitrogens with one attached hydrogen (secondary N) is 1. The van der Waals surface area contributed by atoms with Crippen LogP contribution >= 0.6 is 22.9 Å². The van der Waals surface area contributed by atoms with Crippen LogP contribution in [0.2, 0.25) is 5.15 Å². The lowest BCUT2D eigenvalue weighted by Crippen LogP contribution is -2.19. The average Bonchev–Trinajstić information content (AvgIpc) is 2.77. The predicted molar refractivity (Wildman–Crippen MR) is 72.6 cm³/mol. The van der Waals surface area contributed by atoms with Gasteiger partial charge in [-0.3, -0.25) is 0 Å². The Labute approximate surface area is 109 Å². The molecule has 3 N–H and O–H groups in total. The molecule has 1 unspecified atom stereocenters. The molecule has 2 aromatic rings. The van der Waals surface area contributed by atoms with Crippen LogP contribution in [0.5, 0.6) is 0 Å². The maximum atomic E-state index is 5.83. The van der Waals surface area contributed by atoms with Crippen LogP contribution in [-0.4, -0.2) is 16.0 Å². The Morgan fingerprint density at radius 1 is 1.53 bits per heavy atom. The van der Waals surface area contributed by atoms with Gasteiger partial charge in [-0.25, -0.2) is 9.97 Å². The van der Waals surface area contributed by atoms with E-state index in [0.717, 1.165) is 6.42 Å². The monoisotopic (exact) mass is 268 g/mol. The van der Waals surface area contributed by atoms with Crippen molar-refractivity contribution >= 4 is 34.4 Å². The lowest BCUT2D eigenvalue weighted by molar-refractivity contribution is 0.786. The summed E-state index contributed by atoms with van der Waals surface area (Å²) in [6, 6.07) is 2.34. The van der Waals surface area contributed by atoms with Crippen LogP contribution in [0.3, 0.4) is 0 Å². The van der Waals surface area contributed by atoms with Gasteiger partial charge in [0.05, 0.1) is 0 Å². The summed E-state index contributed by atoms with van der Waals surface area (Å²) in [6.45, 7) is 2.08. The Hall–Kier alpha value is -1.33. The van der Waals surface area contributed by atoms with Gasteiger partial charge in [0.15, 0.2) is 11.0 Å². The summed E-state index contributed by atoms with van der Waals surface area (Å²) in [4.78, 5) is 7.89. The van der Waals surface area contributed by atoms with Crippen LogP contribution in [-0.2, 0) is 6.42 Å². The quantitative estimate of drug-likeness (QED) is 0.837. The van der Waals surface area contributed by atoms with Gasteiger partial charge in [0, 0.05) is 6.04 Å². The van der Waals surface area contributed by atoms with Gasteiger partial charge in [0.25, 0.3) is 0 Å². The van der Waals surface area contributed by atoms with Crippen LogP contribution in [0.15, 0.2) is 23.2 Å². The summed E-state index contributed by atoms with van der Waals surface area (Å²) in [5.74, 6) is 0.590. The minimum atomic E-state index is 0.234. The highest BCUT2D eigenvalue weighted by Gasteiger charge is 2.09. The van der Waals surface area contributed by atoms with E-state index in [1.54, 1.807) is 11.3 Å². The zero-order valence-corrected chi connectivity index (χ0v) is 10.9. The summed E-state index contributed by atoms with van der Waals surface area (Å²) < 4.78 is 0. The molecule has 1 atom stereocenters. The Bertz CT molecular complexity index is 486. The van der Waals surface area contributed by atoms with E-state index in [0.29, 0.717) is 11.5 Å². The largest absolute Gasteiger partial charge is 0.393 e. The van der Waals surface area contributed by atoms with Crippen molar-refractivity contribution in [3.05, 3.63) is 33.9 Å². The van der Waals surface area contributed by atoms with E-state index < -0.39 is 0 Å². The molecule has 0 aliphatic heterocycles. The first-order valence-electron chi connectivity index (χ1n) is 5.20. The topological polar surface area (TPSA) is 63.8 Å². The van der Waals surface area contributed by atoms with Gasteiger partial charge in [-0.05, 0) is 35.7 Å². The van der Waals surface area contributed by atoms with E-state index in [9.17, 15) is 0 Å². The van der Waals surface area contributed by atoms with Gasteiger partial charge in [-0.1, -0.05) is 11.6 Å². The van der Waals surface area contributed by atoms with Crippen molar-refractivity contribution in [3.63, 3.8) is 0 Å². The molecule has 0 radical (unpaired) electrons. The van der Waals surface area contributed by atoms with Crippen molar-refractivity contribution < 1.29 is 0 Å². The third-order valence-electron chi connectivity index (χ3n) is 2.34. The zero-order chi connectivity index (χ0) is 12.3. The van der Waals surface area contributed by atoms with Gasteiger partial charge < -0.3 is 11.1 Å². The minimum Gasteiger partial charge on any atom is -0.393 e. The predicted octanol–water partition coefficient (Wildman–Crippen LogP) is 2.82. The maximum absolute atomic E-state index is 5.83. The smallest absolute Gasteiger partial charge is 0.157 e. The van der Waals surface area contributed by atoms with Crippen molar-refractivity contribution in [1.82, 2.24) is 9.97 Å². The fourth-order valence-corrected chi connectivity index (χ4v) is 2.35. The summed E-state index contributed by atoms with van der Waals surface area (Å²) in [7, 11) is 0. The van der Waals surface area contributed by atoms with E-state index >= 15 is 0 Å². The fraction of sp³-hybridized carbons (Fsp3) is 0.273. The first-order valence-corrected chi connectivity index (χ1v) is 6.52. The van der Waals surface area contributed by atoms with Crippen molar-refractivity contribution in [2.75, 3.05) is 11.1 Å². The van der Waals surface area contributed by atoms with Crippen molar-refractivity contribution in [2.45, 2.75) is 19.4 Å². The van der Waals surface area contributed by atoms with Crippen LogP contribution in [0, 0.1) is 0 Å². The third kappa shape index (κ3) is 3.08. The van der Waals surface area contributed by atoms with E-state index in [1.807, 2.05) is 0 Å². The first-order chi connectivity index (χ1) is 8.16. The highest BCUT2D eigenvalue weighted by molar-refractivity contribution is 7.07. The summed E-state index contributed by atoms with van der Waals surface area (Å²) in [6.07, 6.45) is 2.32. The minimum absolute atomic E-state index is 0.234. The van der Waals surface area contributed by atoms with Gasteiger partial charge in [-0.2, -0.15) is 11.3 Å². The van der Waals surface area contributed by atoms with Crippen LogP contribution in [0.4, 0.5) is 11.5 Å². The molecule has 17 heavy (non-hydrogen) atoms. The first kappa shape index (κ1) is 12.1. The van der Waals surface area contributed by atoms with E-state index in [4.69, 9.17) is 17.3 Å². The average molecular weight is 269 g/mol. The summed E-state index contributed by atoms with van der Waals surface area (Å²) in [5, 5.41) is 7.72. The molecule has 90 valence electrons. The molecule has 0 spiro atoms. The number of halogens is 1. The molecule has 0 aromatic carbocycles. The molecule has 2 rings (SSSR count). The lowest BCUT2D eigenvalue weighted by Gasteiger charge is -2.15. The Kier molecular flexibility index (Phi) is 3.81. The molecule has 4 nitrogen and oxygen atoms in total. The molecular weight excluding hydrogens is 256 g/mol. The van der Waals surface area contributed by atoms with Crippen LogP contribution in [0.1, 0.15) is 12.5 Å². The van der Waals surface area contributed by atoms with Gasteiger partial charge in [0.1, 0.15) is 12.0 Å². The van der Waals surface area contributed by atoms with E-state index in [1.165, 1.54) is 11.9 Å². The highest BCUT2D eigenvalue weighted by Crippen LogP contribution is 2.23. The molecule has 0 aliphatic carbocycles. The Morgan fingerprint density at radius 3 is 3.06 bits per heavy atom. The number of hydrogen-bond donors (Lipinski definition) is 2. The van der Waals surface area contributed by atoms with E-state index in [2.05, 4.69) is 39.0 Å². The van der Waals surface area contributed by atoms with Crippen molar-refractivity contribution in [3.8, 4) is 0 Å². The molecule has 0 saturated heterocycles. The van der Waals surface area contributed by atoms with Crippen LogP contribution < -0.4 is 11.1 Å². The second-order valence-corrected chi connectivity index (χ2v) is 4.95. The number of nitrogen functional groups attached to an aromatic ring is 1.